The van der Waals surface area contributed by atoms with Crippen molar-refractivity contribution in [3.63, 3.8) is 0 Å². The largest absolute Gasteiger partial charge is 0.480 e. The molecule has 1 saturated heterocycles. The van der Waals surface area contributed by atoms with E-state index in [0.29, 0.717) is 18.8 Å². The number of hydrogen-bond acceptors (Lipinski definition) is 7. The number of carboxylic acid groups (broad SMARTS) is 1. The molecule has 1 heterocycles. The number of aliphatic carboxylic acids is 1. The SMILES string of the molecule is CCC(C)S(=O)(=O)N[C@@H](CN(C(=O)CN)C(=O)CCCCC1CCNCC1)C(=O)O. The second-order valence-electron chi connectivity index (χ2n) is 7.81. The van der Waals surface area contributed by atoms with Crippen LogP contribution in [0, 0.1) is 5.92 Å². The Morgan fingerprint density at radius 1 is 1.20 bits per heavy atom. The molecule has 0 aliphatic carbocycles. The summed E-state index contributed by atoms with van der Waals surface area (Å²) in [4.78, 5) is 37.1. The molecule has 1 aliphatic rings. The van der Waals surface area contributed by atoms with E-state index in [1.807, 2.05) is 0 Å². The van der Waals surface area contributed by atoms with Gasteiger partial charge in [0.15, 0.2) is 0 Å². The number of carbonyl (C=O) groups excluding carboxylic acids is 2. The summed E-state index contributed by atoms with van der Waals surface area (Å²) >= 11 is 0. The maximum Gasteiger partial charge on any atom is 0.323 e. The summed E-state index contributed by atoms with van der Waals surface area (Å²) in [6, 6.07) is -1.63. The Morgan fingerprint density at radius 3 is 2.37 bits per heavy atom. The van der Waals surface area contributed by atoms with E-state index in [9.17, 15) is 27.9 Å². The zero-order valence-electron chi connectivity index (χ0n) is 17.9. The van der Waals surface area contributed by atoms with Crippen LogP contribution in [0.25, 0.3) is 0 Å². The third kappa shape index (κ3) is 8.66. The molecule has 2 amide bonds. The van der Waals surface area contributed by atoms with Gasteiger partial charge in [-0.3, -0.25) is 19.3 Å². The summed E-state index contributed by atoms with van der Waals surface area (Å²) in [5, 5.41) is 11.9. The first kappa shape index (κ1) is 26.5. The van der Waals surface area contributed by atoms with Crippen molar-refractivity contribution in [2.75, 3.05) is 26.2 Å². The quantitative estimate of drug-likeness (QED) is 0.287. The molecular formula is C19H36N4O6S. The van der Waals surface area contributed by atoms with E-state index >= 15 is 0 Å². The summed E-state index contributed by atoms with van der Waals surface area (Å²) < 4.78 is 26.6. The number of amides is 2. The second kappa shape index (κ2) is 13.0. The van der Waals surface area contributed by atoms with Crippen LogP contribution in [0.3, 0.4) is 0 Å². The van der Waals surface area contributed by atoms with Crippen LogP contribution in [0.15, 0.2) is 0 Å². The monoisotopic (exact) mass is 448 g/mol. The first-order chi connectivity index (χ1) is 14.1. The zero-order valence-corrected chi connectivity index (χ0v) is 18.7. The zero-order chi connectivity index (χ0) is 22.7. The van der Waals surface area contributed by atoms with Gasteiger partial charge in [-0.25, -0.2) is 8.42 Å². The fourth-order valence-electron chi connectivity index (χ4n) is 3.35. The van der Waals surface area contributed by atoms with Gasteiger partial charge in [0.05, 0.1) is 18.3 Å². The van der Waals surface area contributed by atoms with Crippen molar-refractivity contribution in [2.45, 2.75) is 70.1 Å². The molecule has 0 saturated carbocycles. The molecule has 11 heteroatoms. The van der Waals surface area contributed by atoms with E-state index in [1.165, 1.54) is 6.92 Å². The molecule has 0 aromatic carbocycles. The Morgan fingerprint density at radius 2 is 1.83 bits per heavy atom. The van der Waals surface area contributed by atoms with Crippen molar-refractivity contribution >= 4 is 27.8 Å². The number of carboxylic acids is 1. The second-order valence-corrected chi connectivity index (χ2v) is 9.94. The minimum atomic E-state index is -3.91. The molecule has 0 spiro atoms. The van der Waals surface area contributed by atoms with Gasteiger partial charge in [0.2, 0.25) is 21.8 Å². The van der Waals surface area contributed by atoms with Crippen LogP contribution in [0.4, 0.5) is 0 Å². The van der Waals surface area contributed by atoms with Crippen LogP contribution < -0.4 is 15.8 Å². The van der Waals surface area contributed by atoms with Gasteiger partial charge >= 0.3 is 5.97 Å². The van der Waals surface area contributed by atoms with E-state index < -0.39 is 52.2 Å². The Bertz CT molecular complexity index is 679. The van der Waals surface area contributed by atoms with Gasteiger partial charge in [0.25, 0.3) is 0 Å². The summed E-state index contributed by atoms with van der Waals surface area (Å²) in [5.74, 6) is -2.10. The Labute approximate surface area is 179 Å². The number of imide groups is 1. The highest BCUT2D eigenvalue weighted by atomic mass is 32.2. The molecule has 0 aromatic heterocycles. The number of piperidine rings is 1. The van der Waals surface area contributed by atoms with Crippen LogP contribution in [-0.4, -0.2) is 73.7 Å². The molecule has 1 aliphatic heterocycles. The lowest BCUT2D eigenvalue weighted by molar-refractivity contribution is -0.146. The molecule has 1 rings (SSSR count). The van der Waals surface area contributed by atoms with Crippen LogP contribution >= 0.6 is 0 Å². The van der Waals surface area contributed by atoms with Crippen LogP contribution in [0.5, 0.6) is 0 Å². The molecule has 0 bridgehead atoms. The molecule has 1 unspecified atom stereocenters. The predicted octanol–water partition coefficient (Wildman–Crippen LogP) is 0.0314. The topological polar surface area (TPSA) is 159 Å². The number of hydrogen-bond donors (Lipinski definition) is 4. The van der Waals surface area contributed by atoms with Crippen molar-refractivity contribution in [3.8, 4) is 0 Å². The molecule has 1 fully saturated rings. The minimum absolute atomic E-state index is 0.0845. The number of carbonyl (C=O) groups is 3. The van der Waals surface area contributed by atoms with Crippen LogP contribution in [-0.2, 0) is 24.4 Å². The highest BCUT2D eigenvalue weighted by Crippen LogP contribution is 2.19. The van der Waals surface area contributed by atoms with Crippen molar-refractivity contribution in [1.29, 1.82) is 0 Å². The van der Waals surface area contributed by atoms with Crippen molar-refractivity contribution in [3.05, 3.63) is 0 Å². The standard InChI is InChI=1S/C19H36N4O6S/c1-3-14(2)30(28,29)22-16(19(26)27)13-23(18(25)12-20)17(24)7-5-4-6-15-8-10-21-11-9-15/h14-16,21-22H,3-13,20H2,1-2H3,(H,26,27)/t14?,16-/m0/s1. The first-order valence-corrected chi connectivity index (χ1v) is 12.1. The number of nitrogens with one attached hydrogen (secondary N) is 2. The maximum absolute atomic E-state index is 12.6. The average molecular weight is 449 g/mol. The van der Waals surface area contributed by atoms with E-state index in [2.05, 4.69) is 10.0 Å². The molecule has 0 radical (unpaired) electrons. The molecule has 5 N–H and O–H groups in total. The van der Waals surface area contributed by atoms with Crippen molar-refractivity contribution in [2.24, 2.45) is 11.7 Å². The van der Waals surface area contributed by atoms with E-state index in [1.54, 1.807) is 6.92 Å². The van der Waals surface area contributed by atoms with Crippen molar-refractivity contribution < 1.29 is 27.9 Å². The Hall–Kier alpha value is -1.56. The van der Waals surface area contributed by atoms with E-state index in [-0.39, 0.29) is 6.42 Å². The van der Waals surface area contributed by atoms with Gasteiger partial charge in [-0.2, -0.15) is 4.72 Å². The minimum Gasteiger partial charge on any atom is -0.480 e. The molecular weight excluding hydrogens is 412 g/mol. The number of sulfonamides is 1. The van der Waals surface area contributed by atoms with Gasteiger partial charge in [-0.1, -0.05) is 19.8 Å². The number of nitrogens with zero attached hydrogens (tertiary/aromatic N) is 1. The summed E-state index contributed by atoms with van der Waals surface area (Å²) in [7, 11) is -3.91. The average Bonchev–Trinajstić information content (AvgIpc) is 2.73. The molecule has 174 valence electrons. The highest BCUT2D eigenvalue weighted by Gasteiger charge is 2.32. The van der Waals surface area contributed by atoms with Gasteiger partial charge in [-0.05, 0) is 51.6 Å². The number of unbranched alkanes of at least 4 members (excludes halogenated alkanes) is 1. The van der Waals surface area contributed by atoms with Crippen LogP contribution in [0.2, 0.25) is 0 Å². The lowest BCUT2D eigenvalue weighted by atomic mass is 9.92. The van der Waals surface area contributed by atoms with Crippen LogP contribution in [0.1, 0.15) is 58.8 Å². The van der Waals surface area contributed by atoms with E-state index in [0.717, 1.165) is 43.7 Å². The highest BCUT2D eigenvalue weighted by molar-refractivity contribution is 7.90. The Kier molecular flexibility index (Phi) is 11.5. The van der Waals surface area contributed by atoms with Gasteiger partial charge in [0, 0.05) is 6.42 Å². The normalized spacial score (nSPS) is 17.3. The fraction of sp³-hybridized carbons (Fsp3) is 0.842. The fourth-order valence-corrected chi connectivity index (χ4v) is 4.59. The van der Waals surface area contributed by atoms with Gasteiger partial charge in [-0.15, -0.1) is 0 Å². The van der Waals surface area contributed by atoms with E-state index in [4.69, 9.17) is 5.73 Å². The smallest absolute Gasteiger partial charge is 0.323 e. The van der Waals surface area contributed by atoms with Gasteiger partial charge < -0.3 is 16.2 Å². The molecule has 2 atom stereocenters. The van der Waals surface area contributed by atoms with Gasteiger partial charge in [0.1, 0.15) is 6.04 Å². The maximum atomic E-state index is 12.6. The molecule has 0 aromatic rings. The molecule has 10 nitrogen and oxygen atoms in total. The lowest BCUT2D eigenvalue weighted by Gasteiger charge is -2.25. The third-order valence-electron chi connectivity index (χ3n) is 5.56. The summed E-state index contributed by atoms with van der Waals surface area (Å²) in [5.41, 5.74) is 5.38. The third-order valence-corrected chi connectivity index (χ3v) is 7.57. The number of rotatable bonds is 13. The molecule has 30 heavy (non-hydrogen) atoms. The lowest BCUT2D eigenvalue weighted by Crippen LogP contribution is -2.53. The predicted molar refractivity (Wildman–Crippen MR) is 113 cm³/mol. The first-order valence-electron chi connectivity index (χ1n) is 10.6. The number of nitrogens with two attached hydrogens (primary N) is 1. The summed E-state index contributed by atoms with van der Waals surface area (Å²) in [6.07, 6.45) is 5.03. The Balaban J connectivity index is 2.69. The van der Waals surface area contributed by atoms with Crippen molar-refractivity contribution in [1.82, 2.24) is 14.9 Å². The summed E-state index contributed by atoms with van der Waals surface area (Å²) in [6.45, 7) is 4.07.